The van der Waals surface area contributed by atoms with Gasteiger partial charge < -0.3 is 4.90 Å². The molecule has 182 valence electrons. The minimum absolute atomic E-state index is 0.00193. The predicted molar refractivity (Wildman–Crippen MR) is 140 cm³/mol. The maximum Gasteiger partial charge on any atom is 0.239 e. The lowest BCUT2D eigenvalue weighted by Crippen LogP contribution is -2.47. The number of benzene rings is 2. The Morgan fingerprint density at radius 1 is 1.11 bits per heavy atom. The van der Waals surface area contributed by atoms with Crippen LogP contribution in [0.3, 0.4) is 0 Å². The second-order valence-corrected chi connectivity index (χ2v) is 11.0. The Morgan fingerprint density at radius 2 is 1.94 bits per heavy atom. The van der Waals surface area contributed by atoms with Gasteiger partial charge in [-0.2, -0.15) is 5.10 Å². The Labute approximate surface area is 217 Å². The maximum absolute atomic E-state index is 15.2. The summed E-state index contributed by atoms with van der Waals surface area (Å²) in [6, 6.07) is 12.9. The number of carbonyl (C=O) groups is 1. The lowest BCUT2D eigenvalue weighted by molar-refractivity contribution is -0.123. The number of hydrogen-bond donors (Lipinski definition) is 0. The minimum atomic E-state index is -0.825. The van der Waals surface area contributed by atoms with Crippen molar-refractivity contribution < 1.29 is 13.6 Å². The van der Waals surface area contributed by atoms with Gasteiger partial charge in [0, 0.05) is 42.1 Å². The Morgan fingerprint density at radius 3 is 2.71 bits per heavy atom. The molecule has 8 heteroatoms. The number of aromatic nitrogens is 2. The number of hydrogen-bond acceptors (Lipinski definition) is 3. The molecule has 1 aliphatic carbocycles. The number of nitrogens with zero attached hydrogens (tertiary/aromatic N) is 4. The monoisotopic (exact) mass is 588 g/mol. The van der Waals surface area contributed by atoms with Crippen LogP contribution in [-0.2, 0) is 16.8 Å². The number of alkyl halides is 1. The molecule has 2 aromatic carbocycles. The van der Waals surface area contributed by atoms with Gasteiger partial charge in [-0.25, -0.2) is 11.7 Å². The molecule has 3 atom stereocenters. The first-order valence-electron chi connectivity index (χ1n) is 12.3. The molecule has 0 radical (unpaired) electrons. The highest BCUT2D eigenvalue weighted by atomic mass is 127. The predicted octanol–water partition coefficient (Wildman–Crippen LogP) is 5.66. The number of amides is 1. The van der Waals surface area contributed by atoms with Gasteiger partial charge in [0.25, 0.3) is 0 Å². The van der Waals surface area contributed by atoms with Gasteiger partial charge in [0.2, 0.25) is 5.91 Å². The first-order valence-corrected chi connectivity index (χ1v) is 13.2. The van der Waals surface area contributed by atoms with Crippen LogP contribution in [-0.4, -0.2) is 44.1 Å². The SMILES string of the molecule is O=C1N(Cc2ccc(-c3cnn(I)c3)cc2F)c2ccccc2C12CCN(C1CCCCC1F)C2. The van der Waals surface area contributed by atoms with Crippen molar-refractivity contribution >= 4 is 34.5 Å². The van der Waals surface area contributed by atoms with Crippen LogP contribution in [0.15, 0.2) is 54.9 Å². The molecule has 35 heavy (non-hydrogen) atoms. The van der Waals surface area contributed by atoms with Crippen molar-refractivity contribution in [1.82, 2.24) is 12.9 Å². The normalized spacial score (nSPS) is 26.6. The summed E-state index contributed by atoms with van der Waals surface area (Å²) >= 11 is 2.05. The zero-order valence-electron chi connectivity index (χ0n) is 19.3. The lowest BCUT2D eigenvalue weighted by atomic mass is 9.80. The van der Waals surface area contributed by atoms with Crippen LogP contribution < -0.4 is 4.90 Å². The average molecular weight is 588 g/mol. The van der Waals surface area contributed by atoms with Crippen LogP contribution in [0.25, 0.3) is 11.1 Å². The van der Waals surface area contributed by atoms with Crippen molar-refractivity contribution in [3.63, 3.8) is 0 Å². The van der Waals surface area contributed by atoms with Crippen LogP contribution >= 0.6 is 22.9 Å². The van der Waals surface area contributed by atoms with E-state index in [2.05, 4.69) is 32.9 Å². The number of anilines is 1. The van der Waals surface area contributed by atoms with Crippen molar-refractivity contribution in [2.75, 3.05) is 18.0 Å². The molecular formula is C27H27F2IN4O. The standard InChI is InChI=1S/C27H27F2IN4O/c28-22-6-2-4-8-25(22)32-12-11-27(17-32)21-5-1-3-7-24(21)33(26(27)35)15-19-10-9-18(13-23(19)29)20-14-31-34(30)16-20/h1,3,5,7,9-10,13-14,16,22,25H,2,4,6,8,11-12,15,17H2. The molecule has 6 rings (SSSR count). The number of halogens is 3. The van der Waals surface area contributed by atoms with Crippen LogP contribution in [0.4, 0.5) is 14.5 Å². The Bertz CT molecular complexity index is 1280. The van der Waals surface area contributed by atoms with Crippen LogP contribution in [0.1, 0.15) is 43.2 Å². The van der Waals surface area contributed by atoms with E-state index in [-0.39, 0.29) is 24.3 Å². The van der Waals surface area contributed by atoms with Crippen molar-refractivity contribution in [1.29, 1.82) is 0 Å². The molecule has 0 N–H and O–H groups in total. The Balaban J connectivity index is 1.28. The molecule has 1 saturated heterocycles. The first kappa shape index (κ1) is 23.1. The fourth-order valence-corrected chi connectivity index (χ4v) is 6.65. The zero-order valence-corrected chi connectivity index (χ0v) is 21.5. The van der Waals surface area contributed by atoms with Gasteiger partial charge in [0.1, 0.15) is 12.0 Å². The molecule has 0 bridgehead atoms. The summed E-state index contributed by atoms with van der Waals surface area (Å²) in [7, 11) is 0. The average Bonchev–Trinajstić information content (AvgIpc) is 3.55. The summed E-state index contributed by atoms with van der Waals surface area (Å²) in [5.74, 6) is -0.340. The van der Waals surface area contributed by atoms with Gasteiger partial charge in [0.05, 0.1) is 41.0 Å². The molecule has 2 fully saturated rings. The fraction of sp³-hybridized carbons (Fsp3) is 0.407. The first-order chi connectivity index (χ1) is 17.0. The summed E-state index contributed by atoms with van der Waals surface area (Å²) in [4.78, 5) is 17.9. The van der Waals surface area contributed by atoms with Gasteiger partial charge in [-0.15, -0.1) is 0 Å². The lowest BCUT2D eigenvalue weighted by Gasteiger charge is -2.34. The van der Waals surface area contributed by atoms with Gasteiger partial charge in [-0.1, -0.05) is 43.2 Å². The van der Waals surface area contributed by atoms with E-state index in [1.807, 2.05) is 36.5 Å². The van der Waals surface area contributed by atoms with E-state index >= 15 is 4.39 Å². The van der Waals surface area contributed by atoms with Crippen LogP contribution in [0, 0.1) is 5.82 Å². The molecule has 3 aliphatic rings. The molecule has 5 nitrogen and oxygen atoms in total. The largest absolute Gasteiger partial charge is 0.307 e. The maximum atomic E-state index is 15.2. The molecule has 3 heterocycles. The van der Waals surface area contributed by atoms with E-state index in [9.17, 15) is 9.18 Å². The molecule has 2 aliphatic heterocycles. The number of carbonyl (C=O) groups excluding carboxylic acids is 1. The van der Waals surface area contributed by atoms with Crippen molar-refractivity contribution in [2.45, 2.75) is 56.3 Å². The molecule has 3 aromatic rings. The van der Waals surface area contributed by atoms with Crippen molar-refractivity contribution in [2.24, 2.45) is 0 Å². The highest BCUT2D eigenvalue weighted by Gasteiger charge is 2.55. The third kappa shape index (κ3) is 3.89. The van der Waals surface area contributed by atoms with E-state index in [0.717, 1.165) is 41.6 Å². The van der Waals surface area contributed by atoms with Crippen LogP contribution in [0.2, 0.25) is 0 Å². The van der Waals surface area contributed by atoms with E-state index in [4.69, 9.17) is 0 Å². The molecule has 3 unspecified atom stereocenters. The second kappa shape index (κ2) is 8.96. The Hall–Kier alpha value is -2.33. The molecule has 1 aromatic heterocycles. The fourth-order valence-electron chi connectivity index (χ4n) is 6.22. The van der Waals surface area contributed by atoms with Gasteiger partial charge in [-0.3, -0.25) is 9.69 Å². The Kier molecular flexibility index (Phi) is 5.91. The highest BCUT2D eigenvalue weighted by molar-refractivity contribution is 14.1. The van der Waals surface area contributed by atoms with E-state index in [1.54, 1.807) is 20.1 Å². The van der Waals surface area contributed by atoms with Crippen molar-refractivity contribution in [3.05, 3.63) is 71.8 Å². The summed E-state index contributed by atoms with van der Waals surface area (Å²) in [5.41, 5.74) is 3.21. The summed E-state index contributed by atoms with van der Waals surface area (Å²) in [6.07, 6.45) is 6.82. The zero-order chi connectivity index (χ0) is 24.2. The number of para-hydroxylation sites is 1. The highest BCUT2D eigenvalue weighted by Crippen LogP contribution is 2.49. The number of rotatable bonds is 4. The van der Waals surface area contributed by atoms with E-state index in [0.29, 0.717) is 31.5 Å². The van der Waals surface area contributed by atoms with Crippen molar-refractivity contribution in [3.8, 4) is 11.1 Å². The van der Waals surface area contributed by atoms with Gasteiger partial charge >= 0.3 is 0 Å². The summed E-state index contributed by atoms with van der Waals surface area (Å²) in [6.45, 7) is 1.42. The summed E-state index contributed by atoms with van der Waals surface area (Å²) < 4.78 is 31.6. The quantitative estimate of drug-likeness (QED) is 0.370. The molecular weight excluding hydrogens is 561 g/mol. The molecule has 1 saturated carbocycles. The number of fused-ring (bicyclic) bond motifs is 2. The van der Waals surface area contributed by atoms with E-state index < -0.39 is 11.6 Å². The smallest absolute Gasteiger partial charge is 0.239 e. The minimum Gasteiger partial charge on any atom is -0.307 e. The van der Waals surface area contributed by atoms with E-state index in [1.165, 1.54) is 6.07 Å². The topological polar surface area (TPSA) is 41.4 Å². The van der Waals surface area contributed by atoms with Gasteiger partial charge in [0.15, 0.2) is 0 Å². The summed E-state index contributed by atoms with van der Waals surface area (Å²) in [5, 5.41) is 4.15. The second-order valence-electron chi connectivity index (χ2n) is 10.0. The third-order valence-corrected chi connectivity index (χ3v) is 8.58. The molecule has 1 amide bonds. The van der Waals surface area contributed by atoms with Crippen LogP contribution in [0.5, 0.6) is 0 Å². The molecule has 1 spiro atoms. The third-order valence-electron chi connectivity index (χ3n) is 8.05. The van der Waals surface area contributed by atoms with Gasteiger partial charge in [-0.05, 0) is 42.5 Å². The number of likely N-dealkylation sites (tertiary alicyclic amines) is 1.